The molecule has 1 aliphatic carbocycles. The zero-order chi connectivity index (χ0) is 9.42. The molecular formula is C12H17N. The van der Waals surface area contributed by atoms with Gasteiger partial charge in [-0.3, -0.25) is 0 Å². The number of rotatable bonds is 1. The molecule has 2 rings (SSSR count). The number of hydrogen-bond donors (Lipinski definition) is 1. The predicted molar refractivity (Wildman–Crippen MR) is 55.8 cm³/mol. The van der Waals surface area contributed by atoms with Gasteiger partial charge in [0.25, 0.3) is 0 Å². The molecule has 0 bridgehead atoms. The Morgan fingerprint density at radius 3 is 2.85 bits per heavy atom. The summed E-state index contributed by atoms with van der Waals surface area (Å²) in [5.74, 6) is 0.737. The maximum Gasteiger partial charge on any atom is 0.0349 e. The molecule has 0 heterocycles. The molecule has 1 heteroatoms. The van der Waals surface area contributed by atoms with Crippen molar-refractivity contribution >= 4 is 0 Å². The van der Waals surface area contributed by atoms with E-state index in [0.717, 1.165) is 5.92 Å². The van der Waals surface area contributed by atoms with E-state index in [-0.39, 0.29) is 0 Å². The SMILES string of the molecule is CNC1c2cccc(C)c2CC1C. The fourth-order valence-electron chi connectivity index (χ4n) is 2.48. The molecule has 0 saturated heterocycles. The summed E-state index contributed by atoms with van der Waals surface area (Å²) in [4.78, 5) is 0. The summed E-state index contributed by atoms with van der Waals surface area (Å²) in [5, 5.41) is 3.40. The number of hydrogen-bond acceptors (Lipinski definition) is 1. The average Bonchev–Trinajstić information content (AvgIpc) is 2.43. The van der Waals surface area contributed by atoms with Crippen molar-refractivity contribution in [1.29, 1.82) is 0 Å². The van der Waals surface area contributed by atoms with Gasteiger partial charge in [-0.25, -0.2) is 0 Å². The van der Waals surface area contributed by atoms with Crippen LogP contribution in [0.1, 0.15) is 29.7 Å². The minimum absolute atomic E-state index is 0.565. The third-order valence-corrected chi connectivity index (χ3v) is 3.19. The van der Waals surface area contributed by atoms with Crippen LogP contribution in [0, 0.1) is 12.8 Å². The van der Waals surface area contributed by atoms with Gasteiger partial charge in [0.15, 0.2) is 0 Å². The number of benzene rings is 1. The molecule has 0 saturated carbocycles. The van der Waals surface area contributed by atoms with Crippen LogP contribution in [0.15, 0.2) is 18.2 Å². The summed E-state index contributed by atoms with van der Waals surface area (Å²) in [6.45, 7) is 4.53. The van der Waals surface area contributed by atoms with E-state index >= 15 is 0 Å². The number of aryl methyl sites for hydroxylation is 1. The summed E-state index contributed by atoms with van der Waals surface area (Å²) in [5.41, 5.74) is 4.52. The lowest BCUT2D eigenvalue weighted by Gasteiger charge is -2.15. The smallest absolute Gasteiger partial charge is 0.0349 e. The highest BCUT2D eigenvalue weighted by Gasteiger charge is 2.28. The second-order valence-electron chi connectivity index (χ2n) is 4.09. The molecule has 0 spiro atoms. The van der Waals surface area contributed by atoms with Crippen LogP contribution >= 0.6 is 0 Å². The normalized spacial score (nSPS) is 26.1. The van der Waals surface area contributed by atoms with Gasteiger partial charge in [0.2, 0.25) is 0 Å². The van der Waals surface area contributed by atoms with Crippen molar-refractivity contribution in [3.05, 3.63) is 34.9 Å². The molecule has 1 aromatic rings. The average molecular weight is 175 g/mol. The van der Waals surface area contributed by atoms with Crippen LogP contribution in [-0.2, 0) is 6.42 Å². The topological polar surface area (TPSA) is 12.0 Å². The molecule has 1 N–H and O–H groups in total. The van der Waals surface area contributed by atoms with Crippen LogP contribution in [-0.4, -0.2) is 7.05 Å². The van der Waals surface area contributed by atoms with Gasteiger partial charge in [-0.15, -0.1) is 0 Å². The van der Waals surface area contributed by atoms with Crippen LogP contribution in [0.4, 0.5) is 0 Å². The van der Waals surface area contributed by atoms with Crippen molar-refractivity contribution in [3.63, 3.8) is 0 Å². The summed E-state index contributed by atoms with van der Waals surface area (Å²) in [6, 6.07) is 7.20. The number of fused-ring (bicyclic) bond motifs is 1. The van der Waals surface area contributed by atoms with E-state index in [1.54, 1.807) is 5.56 Å². The van der Waals surface area contributed by atoms with Crippen molar-refractivity contribution in [2.24, 2.45) is 5.92 Å². The lowest BCUT2D eigenvalue weighted by Crippen LogP contribution is -2.19. The van der Waals surface area contributed by atoms with Crippen LogP contribution in [0.5, 0.6) is 0 Å². The van der Waals surface area contributed by atoms with Crippen molar-refractivity contribution in [1.82, 2.24) is 5.32 Å². The van der Waals surface area contributed by atoms with E-state index < -0.39 is 0 Å². The maximum absolute atomic E-state index is 3.40. The second-order valence-corrected chi connectivity index (χ2v) is 4.09. The third-order valence-electron chi connectivity index (χ3n) is 3.19. The van der Waals surface area contributed by atoms with Gasteiger partial charge in [-0.2, -0.15) is 0 Å². The lowest BCUT2D eigenvalue weighted by atomic mass is 10.0. The lowest BCUT2D eigenvalue weighted by molar-refractivity contribution is 0.447. The van der Waals surface area contributed by atoms with Crippen LogP contribution in [0.3, 0.4) is 0 Å². The fourth-order valence-corrected chi connectivity index (χ4v) is 2.48. The molecule has 2 atom stereocenters. The van der Waals surface area contributed by atoms with Gasteiger partial charge in [0.1, 0.15) is 0 Å². The van der Waals surface area contributed by atoms with Crippen LogP contribution in [0.25, 0.3) is 0 Å². The van der Waals surface area contributed by atoms with Crippen molar-refractivity contribution < 1.29 is 0 Å². The van der Waals surface area contributed by atoms with E-state index in [1.807, 2.05) is 0 Å². The van der Waals surface area contributed by atoms with Crippen molar-refractivity contribution in [3.8, 4) is 0 Å². The molecule has 0 aromatic heterocycles. The molecule has 70 valence electrons. The molecule has 1 nitrogen and oxygen atoms in total. The summed E-state index contributed by atoms with van der Waals surface area (Å²) in [7, 11) is 2.05. The molecule has 0 amide bonds. The van der Waals surface area contributed by atoms with Crippen molar-refractivity contribution in [2.45, 2.75) is 26.3 Å². The third kappa shape index (κ3) is 1.28. The van der Waals surface area contributed by atoms with Crippen LogP contribution in [0.2, 0.25) is 0 Å². The molecule has 1 aliphatic rings. The highest BCUT2D eigenvalue weighted by atomic mass is 14.9. The second kappa shape index (κ2) is 3.15. The van der Waals surface area contributed by atoms with Gasteiger partial charge < -0.3 is 5.32 Å². The Labute approximate surface area is 80.2 Å². The first-order valence-corrected chi connectivity index (χ1v) is 4.99. The highest BCUT2D eigenvalue weighted by Crippen LogP contribution is 2.36. The molecule has 1 aromatic carbocycles. The molecule has 0 radical (unpaired) electrons. The van der Waals surface area contributed by atoms with Crippen molar-refractivity contribution in [2.75, 3.05) is 7.05 Å². The van der Waals surface area contributed by atoms with Gasteiger partial charge >= 0.3 is 0 Å². The molecular weight excluding hydrogens is 158 g/mol. The highest BCUT2D eigenvalue weighted by molar-refractivity contribution is 5.40. The number of nitrogens with one attached hydrogen (secondary N) is 1. The largest absolute Gasteiger partial charge is 0.313 e. The zero-order valence-corrected chi connectivity index (χ0v) is 8.59. The summed E-state index contributed by atoms with van der Waals surface area (Å²) in [6.07, 6.45) is 1.23. The van der Waals surface area contributed by atoms with E-state index in [9.17, 15) is 0 Å². The molecule has 0 fully saturated rings. The Morgan fingerprint density at radius 2 is 2.15 bits per heavy atom. The minimum Gasteiger partial charge on any atom is -0.313 e. The first-order chi connectivity index (χ1) is 6.24. The van der Waals surface area contributed by atoms with E-state index in [1.165, 1.54) is 17.5 Å². The van der Waals surface area contributed by atoms with Gasteiger partial charge in [0, 0.05) is 6.04 Å². The predicted octanol–water partition coefficient (Wildman–Crippen LogP) is 2.45. The van der Waals surface area contributed by atoms with E-state index in [2.05, 4.69) is 44.4 Å². The van der Waals surface area contributed by atoms with E-state index in [0.29, 0.717) is 6.04 Å². The maximum atomic E-state index is 3.40. The molecule has 0 aliphatic heterocycles. The Balaban J connectivity index is 2.48. The molecule has 13 heavy (non-hydrogen) atoms. The van der Waals surface area contributed by atoms with Gasteiger partial charge in [-0.05, 0) is 43.0 Å². The molecule has 2 unspecified atom stereocenters. The Morgan fingerprint density at radius 1 is 1.38 bits per heavy atom. The fraction of sp³-hybridized carbons (Fsp3) is 0.500. The van der Waals surface area contributed by atoms with Gasteiger partial charge in [-0.1, -0.05) is 25.1 Å². The summed E-state index contributed by atoms with van der Waals surface area (Å²) < 4.78 is 0. The minimum atomic E-state index is 0.565. The first kappa shape index (κ1) is 8.76. The standard InChI is InChI=1S/C12H17N/c1-8-5-4-6-10-11(8)7-9(2)12(10)13-3/h4-6,9,12-13H,7H2,1-3H3. The Bertz CT molecular complexity index is 317. The van der Waals surface area contributed by atoms with E-state index in [4.69, 9.17) is 0 Å². The Kier molecular flexibility index (Phi) is 2.12. The van der Waals surface area contributed by atoms with Crippen LogP contribution < -0.4 is 5.32 Å². The first-order valence-electron chi connectivity index (χ1n) is 4.99. The Hall–Kier alpha value is -0.820. The zero-order valence-electron chi connectivity index (χ0n) is 8.59. The quantitative estimate of drug-likeness (QED) is 0.691. The van der Waals surface area contributed by atoms with Gasteiger partial charge in [0.05, 0.1) is 0 Å². The summed E-state index contributed by atoms with van der Waals surface area (Å²) >= 11 is 0. The monoisotopic (exact) mass is 175 g/mol.